The van der Waals surface area contributed by atoms with E-state index in [4.69, 9.17) is 19.3 Å². The van der Waals surface area contributed by atoms with Gasteiger partial charge >= 0.3 is 59.1 Å². The van der Waals surface area contributed by atoms with E-state index in [9.17, 15) is 19.8 Å². The molecule has 1 unspecified atom stereocenters. The van der Waals surface area contributed by atoms with Crippen molar-refractivity contribution in [2.45, 2.75) is 19.1 Å². The second-order valence-electron chi connectivity index (χ2n) is 7.26. The fourth-order valence-corrected chi connectivity index (χ4v) is 2.86. The third kappa shape index (κ3) is 13.2. The van der Waals surface area contributed by atoms with Gasteiger partial charge in [0.25, 0.3) is 0 Å². The Balaban J connectivity index is 0.000000714. The minimum Gasteiger partial charge on any atom is -0.547 e. The van der Waals surface area contributed by atoms with E-state index in [-0.39, 0.29) is 77.0 Å². The zero-order valence-corrected chi connectivity index (χ0v) is 25.4. The fraction of sp³-hybridized carbons (Fsp3) is 0.185. The number of rotatable bonds is 10. The van der Waals surface area contributed by atoms with E-state index < -0.39 is 18.0 Å². The molecule has 1 N–H and O–H groups in total. The fourth-order valence-electron chi connectivity index (χ4n) is 2.86. The predicted molar refractivity (Wildman–Crippen MR) is 125 cm³/mol. The third-order valence-electron chi connectivity index (χ3n) is 4.75. The van der Waals surface area contributed by atoms with Gasteiger partial charge in [0, 0.05) is 13.5 Å². The number of carboxylic acids is 2. The monoisotopic (exact) mass is 524 g/mol. The summed E-state index contributed by atoms with van der Waals surface area (Å²) in [6.45, 7) is 0.485. The first-order valence-electron chi connectivity index (χ1n) is 10.6. The number of carboxylic acid groups (broad SMARTS) is 2. The van der Waals surface area contributed by atoms with Crippen LogP contribution in [0.5, 0.6) is 11.5 Å². The molecule has 0 bridgehead atoms. The van der Waals surface area contributed by atoms with Crippen molar-refractivity contribution >= 4 is 18.0 Å². The Kier molecular flexibility index (Phi) is 17.7. The molecule has 37 heavy (non-hydrogen) atoms. The van der Waals surface area contributed by atoms with E-state index in [1.54, 1.807) is 36.4 Å². The van der Waals surface area contributed by atoms with Crippen LogP contribution >= 0.6 is 0 Å². The van der Waals surface area contributed by atoms with Crippen molar-refractivity contribution in [3.05, 3.63) is 101 Å². The Bertz CT molecular complexity index is 1100. The van der Waals surface area contributed by atoms with E-state index in [2.05, 4.69) is 0 Å². The quantitative estimate of drug-likeness (QED) is 0.160. The molecule has 0 saturated carbocycles. The van der Waals surface area contributed by atoms with Crippen LogP contribution in [-0.4, -0.2) is 37.4 Å². The maximum Gasteiger partial charge on any atom is 1.00 e. The zero-order valence-electron chi connectivity index (χ0n) is 21.4. The number of phenolic OH excluding ortho intramolecular Hbond substituents is 1. The SMILES string of the molecule is CO/C(=C\c1ccc(OCc2ccccc2)cc1)C(=O)[O-].COC(Cc1ccc(O)cc1)C(=O)[O-].[Na+].[Na+]. The molecule has 0 radical (unpaired) electrons. The first kappa shape index (κ1) is 34.7. The molecule has 1 atom stereocenters. The summed E-state index contributed by atoms with van der Waals surface area (Å²) in [7, 11) is 2.61. The van der Waals surface area contributed by atoms with Gasteiger partial charge < -0.3 is 39.1 Å². The van der Waals surface area contributed by atoms with Crippen LogP contribution in [0.3, 0.4) is 0 Å². The van der Waals surface area contributed by atoms with Gasteiger partial charge in [-0.3, -0.25) is 0 Å². The molecule has 0 aliphatic carbocycles. The number of ether oxygens (including phenoxy) is 3. The average Bonchev–Trinajstić information content (AvgIpc) is 2.87. The minimum absolute atomic E-state index is 0. The molecule has 10 heteroatoms. The Morgan fingerprint density at radius 3 is 1.95 bits per heavy atom. The average molecular weight is 524 g/mol. The summed E-state index contributed by atoms with van der Waals surface area (Å²) >= 11 is 0. The molecule has 0 aliphatic rings. The summed E-state index contributed by atoms with van der Waals surface area (Å²) in [5.74, 6) is -1.94. The normalized spacial score (nSPS) is 10.9. The molecule has 0 fully saturated rings. The molecule has 0 saturated heterocycles. The van der Waals surface area contributed by atoms with Gasteiger partial charge in [-0.25, -0.2) is 0 Å². The molecular formula is C27H26Na2O8. The number of carbonyl (C=O) groups excluding carboxylic acids is 2. The summed E-state index contributed by atoms with van der Waals surface area (Å²) in [6.07, 6.45) is 0.689. The predicted octanol–water partition coefficient (Wildman–Crippen LogP) is -4.29. The Morgan fingerprint density at radius 1 is 0.865 bits per heavy atom. The Hall–Kier alpha value is -2.30. The maximum absolute atomic E-state index is 10.7. The van der Waals surface area contributed by atoms with Crippen molar-refractivity contribution in [2.75, 3.05) is 14.2 Å². The topological polar surface area (TPSA) is 128 Å². The molecule has 0 heterocycles. The van der Waals surface area contributed by atoms with Crippen LogP contribution in [0.1, 0.15) is 16.7 Å². The molecule has 0 amide bonds. The van der Waals surface area contributed by atoms with E-state index in [1.807, 2.05) is 30.3 Å². The van der Waals surface area contributed by atoms with Crippen LogP contribution < -0.4 is 74.1 Å². The summed E-state index contributed by atoms with van der Waals surface area (Å²) in [5, 5.41) is 30.2. The standard InChI is InChI=1S/C17H16O4.C10H12O4.2Na/c1-20-16(17(18)19)11-13-7-9-15(10-8-13)21-12-14-5-3-2-4-6-14;1-14-9(10(12)13)6-7-2-4-8(11)5-3-7;;/h2-11H,12H2,1H3,(H,18,19);2-5,9,11H,6H2,1H3,(H,12,13);;/q;;2*+1/p-2/b16-11-;;;. The van der Waals surface area contributed by atoms with Gasteiger partial charge in [-0.2, -0.15) is 0 Å². The number of hydrogen-bond donors (Lipinski definition) is 1. The number of aromatic hydroxyl groups is 1. The first-order chi connectivity index (χ1) is 16.8. The molecule has 184 valence electrons. The van der Waals surface area contributed by atoms with E-state index in [0.29, 0.717) is 17.9 Å². The second kappa shape index (κ2) is 18.9. The molecule has 0 aromatic heterocycles. The van der Waals surface area contributed by atoms with E-state index >= 15 is 0 Å². The van der Waals surface area contributed by atoms with Crippen LogP contribution in [0.25, 0.3) is 6.08 Å². The number of aliphatic carboxylic acids is 2. The molecule has 3 aromatic rings. The molecule has 3 rings (SSSR count). The van der Waals surface area contributed by atoms with Crippen molar-refractivity contribution in [3.8, 4) is 11.5 Å². The van der Waals surface area contributed by atoms with Crippen molar-refractivity contribution in [2.24, 2.45) is 0 Å². The second-order valence-corrected chi connectivity index (χ2v) is 7.26. The zero-order chi connectivity index (χ0) is 25.6. The number of carbonyl (C=O) groups is 2. The summed E-state index contributed by atoms with van der Waals surface area (Å²) in [6, 6.07) is 23.2. The van der Waals surface area contributed by atoms with Gasteiger partial charge in [0.1, 0.15) is 35.9 Å². The van der Waals surface area contributed by atoms with Gasteiger partial charge in [0.2, 0.25) is 0 Å². The van der Waals surface area contributed by atoms with E-state index in [1.165, 1.54) is 32.4 Å². The Morgan fingerprint density at radius 2 is 1.46 bits per heavy atom. The van der Waals surface area contributed by atoms with Crippen molar-refractivity contribution in [3.63, 3.8) is 0 Å². The van der Waals surface area contributed by atoms with Crippen molar-refractivity contribution < 1.29 is 98.2 Å². The van der Waals surface area contributed by atoms with Crippen LogP contribution in [-0.2, 0) is 32.1 Å². The van der Waals surface area contributed by atoms with Gasteiger partial charge in [0.15, 0.2) is 0 Å². The van der Waals surface area contributed by atoms with Crippen molar-refractivity contribution in [1.29, 1.82) is 0 Å². The van der Waals surface area contributed by atoms with Crippen LogP contribution in [0, 0.1) is 0 Å². The first-order valence-corrected chi connectivity index (χ1v) is 10.6. The van der Waals surface area contributed by atoms with Crippen LogP contribution in [0.15, 0.2) is 84.6 Å². The summed E-state index contributed by atoms with van der Waals surface area (Å²) in [5.41, 5.74) is 2.56. The van der Waals surface area contributed by atoms with Gasteiger partial charge in [-0.1, -0.05) is 54.6 Å². The van der Waals surface area contributed by atoms with Gasteiger partial charge in [0.05, 0.1) is 13.1 Å². The Labute approximate surface area is 260 Å². The molecule has 3 aromatic carbocycles. The van der Waals surface area contributed by atoms with E-state index in [0.717, 1.165) is 11.1 Å². The molecule has 0 aliphatic heterocycles. The molecule has 8 nitrogen and oxygen atoms in total. The van der Waals surface area contributed by atoms with Crippen molar-refractivity contribution in [1.82, 2.24) is 0 Å². The number of methoxy groups -OCH3 is 2. The van der Waals surface area contributed by atoms with Crippen LogP contribution in [0.4, 0.5) is 0 Å². The summed E-state index contributed by atoms with van der Waals surface area (Å²) < 4.78 is 15.1. The molecular weight excluding hydrogens is 498 g/mol. The smallest absolute Gasteiger partial charge is 0.547 e. The maximum atomic E-state index is 10.7. The number of hydrogen-bond acceptors (Lipinski definition) is 8. The van der Waals surface area contributed by atoms with Crippen LogP contribution in [0.2, 0.25) is 0 Å². The van der Waals surface area contributed by atoms with Gasteiger partial charge in [-0.05, 0) is 47.0 Å². The number of benzene rings is 3. The van der Waals surface area contributed by atoms with Gasteiger partial charge in [-0.15, -0.1) is 0 Å². The third-order valence-corrected chi connectivity index (χ3v) is 4.75. The molecule has 0 spiro atoms. The largest absolute Gasteiger partial charge is 1.00 e. The number of phenols is 1. The summed E-state index contributed by atoms with van der Waals surface area (Å²) in [4.78, 5) is 21.2. The minimum atomic E-state index is -1.35.